The van der Waals surface area contributed by atoms with Crippen molar-refractivity contribution in [2.24, 2.45) is 0 Å². The van der Waals surface area contributed by atoms with Crippen LogP contribution in [0.15, 0.2) is 17.0 Å². The maximum atomic E-state index is 8.50. The molecule has 1 fully saturated rings. The molecule has 0 amide bonds. The molecule has 1 N–H and O–H groups in total. The monoisotopic (exact) mass is 324 g/mol. The van der Waals surface area contributed by atoms with Crippen molar-refractivity contribution in [3.8, 4) is 0 Å². The van der Waals surface area contributed by atoms with Gasteiger partial charge in [-0.25, -0.2) is 5.26 Å². The molecule has 22 heavy (non-hydrogen) atoms. The van der Waals surface area contributed by atoms with Crippen LogP contribution in [0.4, 0.5) is 0 Å². The summed E-state index contributed by atoms with van der Waals surface area (Å²) in [5.74, 6) is 1.51. The average Bonchev–Trinajstić information content (AvgIpc) is 2.52. The molecule has 0 aromatic heterocycles. The Bertz CT molecular complexity index is 450. The summed E-state index contributed by atoms with van der Waals surface area (Å²) in [5, 5.41) is 12.3. The molecule has 0 saturated heterocycles. The van der Waals surface area contributed by atoms with Crippen molar-refractivity contribution in [1.82, 2.24) is 0 Å². The van der Waals surface area contributed by atoms with Gasteiger partial charge >= 0.3 is 0 Å². The van der Waals surface area contributed by atoms with E-state index in [0.29, 0.717) is 17.8 Å². The lowest BCUT2D eigenvalue weighted by Crippen LogP contribution is -2.08. The van der Waals surface area contributed by atoms with Crippen LogP contribution in [-0.2, 0) is 9.37 Å². The van der Waals surface area contributed by atoms with Crippen molar-refractivity contribution in [1.29, 1.82) is 0 Å². The molecule has 1 aliphatic carbocycles. The Morgan fingerprint density at radius 3 is 2.00 bits per heavy atom. The van der Waals surface area contributed by atoms with E-state index in [2.05, 4.69) is 44.9 Å². The minimum atomic E-state index is 0.408. The summed E-state index contributed by atoms with van der Waals surface area (Å²) in [5.41, 5.74) is 4.05. The third-order valence-corrected chi connectivity index (χ3v) is 5.40. The highest BCUT2D eigenvalue weighted by Crippen LogP contribution is 2.41. The van der Waals surface area contributed by atoms with Crippen molar-refractivity contribution >= 4 is 12.0 Å². The highest BCUT2D eigenvalue weighted by atomic mass is 32.2. The Balaban J connectivity index is 2.44. The molecule has 3 nitrogen and oxygen atoms in total. The molecule has 0 heterocycles. The van der Waals surface area contributed by atoms with Gasteiger partial charge in [0.2, 0.25) is 0 Å². The third kappa shape index (κ3) is 4.25. The Labute approximate surface area is 138 Å². The summed E-state index contributed by atoms with van der Waals surface area (Å²) < 4.78 is 4.76. The summed E-state index contributed by atoms with van der Waals surface area (Å²) in [4.78, 5) is 1.08. The number of rotatable bonds is 6. The molecule has 4 heteroatoms. The smallest absolute Gasteiger partial charge is 0.0720 e. The largest absolute Gasteiger partial charge is 0.220 e. The lowest BCUT2D eigenvalue weighted by atomic mass is 9.81. The number of hydrogen-bond acceptors (Lipinski definition) is 4. The van der Waals surface area contributed by atoms with Crippen molar-refractivity contribution in [3.05, 3.63) is 28.8 Å². The van der Waals surface area contributed by atoms with Gasteiger partial charge in [-0.05, 0) is 47.3 Å². The molecule has 0 bridgehead atoms. The van der Waals surface area contributed by atoms with Crippen LogP contribution >= 0.6 is 12.0 Å². The maximum absolute atomic E-state index is 8.50. The number of hydrogen-bond donors (Lipinski definition) is 1. The van der Waals surface area contributed by atoms with E-state index in [4.69, 9.17) is 9.59 Å². The van der Waals surface area contributed by atoms with Crippen LogP contribution in [0.25, 0.3) is 0 Å². The van der Waals surface area contributed by atoms with E-state index in [1.807, 2.05) is 0 Å². The van der Waals surface area contributed by atoms with E-state index < -0.39 is 0 Å². The zero-order valence-electron chi connectivity index (χ0n) is 14.1. The van der Waals surface area contributed by atoms with E-state index in [-0.39, 0.29) is 0 Å². The maximum Gasteiger partial charge on any atom is 0.0720 e. The molecule has 124 valence electrons. The molecule has 0 unspecified atom stereocenters. The lowest BCUT2D eigenvalue weighted by Gasteiger charge is -2.26. The molecule has 1 aromatic carbocycles. The molecule has 1 aliphatic rings. The Kier molecular flexibility index (Phi) is 6.75. The van der Waals surface area contributed by atoms with Crippen LogP contribution in [0.3, 0.4) is 0 Å². The van der Waals surface area contributed by atoms with Gasteiger partial charge in [0.25, 0.3) is 0 Å². The van der Waals surface area contributed by atoms with Gasteiger partial charge in [0, 0.05) is 4.90 Å². The third-order valence-electron chi connectivity index (χ3n) is 4.64. The predicted octanol–water partition coefficient (Wildman–Crippen LogP) is 6.41. The quantitative estimate of drug-likeness (QED) is 0.373. The molecular formula is C18H28O3S. The van der Waals surface area contributed by atoms with Crippen LogP contribution < -0.4 is 0 Å². The molecule has 0 spiro atoms. The Morgan fingerprint density at radius 1 is 1.00 bits per heavy atom. The predicted molar refractivity (Wildman–Crippen MR) is 91.1 cm³/mol. The first-order valence-corrected chi connectivity index (χ1v) is 9.11. The molecule has 1 saturated carbocycles. The van der Waals surface area contributed by atoms with Crippen molar-refractivity contribution < 1.29 is 14.6 Å². The second-order valence-electron chi connectivity index (χ2n) is 6.90. The molecule has 2 rings (SSSR count). The van der Waals surface area contributed by atoms with Gasteiger partial charge in [-0.2, -0.15) is 0 Å². The standard InChI is InChI=1S/C18H28O3S/c1-12(2)16-10-15(14-8-6-5-7-9-14)11-17(13(3)4)18(16)22-21-20-19/h10-14,19H,5-9H2,1-4H3. The van der Waals surface area contributed by atoms with Crippen molar-refractivity contribution in [2.45, 2.75) is 82.4 Å². The van der Waals surface area contributed by atoms with Gasteiger partial charge < -0.3 is 0 Å². The zero-order valence-corrected chi connectivity index (χ0v) is 14.9. The van der Waals surface area contributed by atoms with E-state index in [9.17, 15) is 0 Å². The molecule has 0 radical (unpaired) electrons. The topological polar surface area (TPSA) is 38.7 Å². The van der Waals surface area contributed by atoms with Gasteiger partial charge in [-0.1, -0.05) is 64.1 Å². The van der Waals surface area contributed by atoms with Crippen LogP contribution in [0.2, 0.25) is 0 Å². The van der Waals surface area contributed by atoms with E-state index >= 15 is 0 Å². The summed E-state index contributed by atoms with van der Waals surface area (Å²) >= 11 is 1.11. The fourth-order valence-electron chi connectivity index (χ4n) is 3.37. The van der Waals surface area contributed by atoms with Crippen LogP contribution in [0.1, 0.15) is 94.2 Å². The van der Waals surface area contributed by atoms with Crippen molar-refractivity contribution in [3.63, 3.8) is 0 Å². The highest BCUT2D eigenvalue weighted by Gasteiger charge is 2.22. The van der Waals surface area contributed by atoms with Crippen LogP contribution in [0, 0.1) is 0 Å². The van der Waals surface area contributed by atoms with Crippen molar-refractivity contribution in [2.75, 3.05) is 0 Å². The second kappa shape index (κ2) is 8.34. The minimum absolute atomic E-state index is 0.408. The summed E-state index contributed by atoms with van der Waals surface area (Å²) in [6, 6.07) is 4.69. The molecular weight excluding hydrogens is 296 g/mol. The summed E-state index contributed by atoms with van der Waals surface area (Å²) in [6.45, 7) is 8.81. The number of benzene rings is 1. The summed E-state index contributed by atoms with van der Waals surface area (Å²) in [7, 11) is 0. The molecule has 0 atom stereocenters. The first kappa shape index (κ1) is 17.8. The fourth-order valence-corrected chi connectivity index (χ4v) is 4.25. The van der Waals surface area contributed by atoms with Gasteiger partial charge in [0.1, 0.15) is 0 Å². The van der Waals surface area contributed by atoms with E-state index in [1.54, 1.807) is 0 Å². The molecule has 0 aliphatic heterocycles. The first-order chi connectivity index (χ1) is 10.5. The first-order valence-electron chi connectivity index (χ1n) is 8.37. The minimum Gasteiger partial charge on any atom is -0.220 e. The molecule has 1 aromatic rings. The normalized spacial score (nSPS) is 16.7. The van der Waals surface area contributed by atoms with E-state index in [1.165, 1.54) is 48.8 Å². The summed E-state index contributed by atoms with van der Waals surface area (Å²) in [6.07, 6.45) is 6.67. The Morgan fingerprint density at radius 2 is 1.55 bits per heavy atom. The van der Waals surface area contributed by atoms with Gasteiger partial charge in [0.15, 0.2) is 0 Å². The van der Waals surface area contributed by atoms with E-state index in [0.717, 1.165) is 16.9 Å². The SMILES string of the molecule is CC(C)c1cc(C2CCCCC2)cc(C(C)C)c1SOOO. The fraction of sp³-hybridized carbons (Fsp3) is 0.667. The van der Waals surface area contributed by atoms with Gasteiger partial charge in [-0.15, -0.1) is 4.33 Å². The van der Waals surface area contributed by atoms with Crippen LogP contribution in [-0.4, -0.2) is 5.26 Å². The van der Waals surface area contributed by atoms with Crippen LogP contribution in [0.5, 0.6) is 0 Å². The average molecular weight is 324 g/mol. The lowest BCUT2D eigenvalue weighted by molar-refractivity contribution is -0.432. The Hall–Kier alpha value is -0.550. The van der Waals surface area contributed by atoms with Gasteiger partial charge in [-0.3, -0.25) is 0 Å². The highest BCUT2D eigenvalue weighted by molar-refractivity contribution is 7.94. The second-order valence-corrected chi connectivity index (χ2v) is 7.61. The van der Waals surface area contributed by atoms with Gasteiger partial charge in [0.05, 0.1) is 12.0 Å². The zero-order chi connectivity index (χ0) is 16.1.